The molecule has 2 rings (SSSR count). The summed E-state index contributed by atoms with van der Waals surface area (Å²) in [6.07, 6.45) is 0. The molecule has 0 N–H and O–H groups in total. The molecule has 0 bridgehead atoms. The van der Waals surface area contributed by atoms with Crippen molar-refractivity contribution in [2.45, 2.75) is 18.4 Å². The highest BCUT2D eigenvalue weighted by atomic mass is 79.9. The molecule has 0 aromatic heterocycles. The lowest BCUT2D eigenvalue weighted by Crippen LogP contribution is -2.27. The molecule has 4 nitrogen and oxygen atoms in total. The standard InChI is InChI=1S/C17H21BrN2O2S/c1-13-5-8-15(18)11-17(13)23(21,22)20(4)12-14-6-9-16(10-7-14)19(2)3/h5-11H,12H2,1-4H3. The Morgan fingerprint density at radius 2 is 1.61 bits per heavy atom. The third kappa shape index (κ3) is 4.13. The van der Waals surface area contributed by atoms with E-state index in [0.717, 1.165) is 21.3 Å². The van der Waals surface area contributed by atoms with Crippen molar-refractivity contribution in [1.82, 2.24) is 4.31 Å². The lowest BCUT2D eigenvalue weighted by atomic mass is 10.2. The van der Waals surface area contributed by atoms with E-state index in [1.165, 1.54) is 4.31 Å². The summed E-state index contributed by atoms with van der Waals surface area (Å²) in [6.45, 7) is 2.14. The van der Waals surface area contributed by atoms with Crippen LogP contribution in [0.4, 0.5) is 5.69 Å². The third-order valence-electron chi connectivity index (χ3n) is 3.70. The predicted octanol–water partition coefficient (Wildman–Crippen LogP) is 3.64. The summed E-state index contributed by atoms with van der Waals surface area (Å²) < 4.78 is 27.7. The number of anilines is 1. The van der Waals surface area contributed by atoms with Gasteiger partial charge in [-0.1, -0.05) is 34.1 Å². The van der Waals surface area contributed by atoms with Crippen molar-refractivity contribution in [3.05, 3.63) is 58.1 Å². The number of hydrogen-bond acceptors (Lipinski definition) is 3. The second-order valence-electron chi connectivity index (χ2n) is 5.73. The number of nitrogens with zero attached hydrogens (tertiary/aromatic N) is 2. The van der Waals surface area contributed by atoms with Crippen LogP contribution in [0.1, 0.15) is 11.1 Å². The van der Waals surface area contributed by atoms with E-state index < -0.39 is 10.0 Å². The molecule has 0 radical (unpaired) electrons. The van der Waals surface area contributed by atoms with Crippen LogP contribution in [0.25, 0.3) is 0 Å². The summed E-state index contributed by atoms with van der Waals surface area (Å²) in [7, 11) is 2.03. The van der Waals surface area contributed by atoms with E-state index in [0.29, 0.717) is 11.4 Å². The van der Waals surface area contributed by atoms with Gasteiger partial charge in [0.1, 0.15) is 0 Å². The molecule has 0 spiro atoms. The van der Waals surface area contributed by atoms with Gasteiger partial charge in [0.05, 0.1) is 4.90 Å². The lowest BCUT2D eigenvalue weighted by molar-refractivity contribution is 0.466. The Kier molecular flexibility index (Phi) is 5.49. The number of aryl methyl sites for hydroxylation is 1. The Hall–Kier alpha value is -1.37. The number of sulfonamides is 1. The van der Waals surface area contributed by atoms with Crippen LogP contribution >= 0.6 is 15.9 Å². The van der Waals surface area contributed by atoms with Crippen LogP contribution in [-0.4, -0.2) is 33.9 Å². The molecule has 0 saturated carbocycles. The Morgan fingerprint density at radius 1 is 1.00 bits per heavy atom. The molecule has 2 aromatic rings. The average molecular weight is 397 g/mol. The average Bonchev–Trinajstić information content (AvgIpc) is 2.50. The van der Waals surface area contributed by atoms with Crippen molar-refractivity contribution < 1.29 is 8.42 Å². The molecule has 6 heteroatoms. The summed E-state index contributed by atoms with van der Waals surface area (Å²) >= 11 is 3.34. The van der Waals surface area contributed by atoms with Crippen molar-refractivity contribution >= 4 is 31.6 Å². The van der Waals surface area contributed by atoms with Crippen LogP contribution in [0.2, 0.25) is 0 Å². The lowest BCUT2D eigenvalue weighted by Gasteiger charge is -2.19. The van der Waals surface area contributed by atoms with Crippen LogP contribution in [-0.2, 0) is 16.6 Å². The zero-order chi connectivity index (χ0) is 17.2. The van der Waals surface area contributed by atoms with Crippen LogP contribution < -0.4 is 4.90 Å². The van der Waals surface area contributed by atoms with Crippen LogP contribution in [0.15, 0.2) is 51.8 Å². The van der Waals surface area contributed by atoms with Gasteiger partial charge in [-0.3, -0.25) is 0 Å². The zero-order valence-electron chi connectivity index (χ0n) is 13.7. The maximum Gasteiger partial charge on any atom is 0.243 e. The Bertz CT molecular complexity index is 787. The fourth-order valence-electron chi connectivity index (χ4n) is 2.26. The minimum Gasteiger partial charge on any atom is -0.378 e. The molecule has 0 unspecified atom stereocenters. The highest BCUT2D eigenvalue weighted by Crippen LogP contribution is 2.24. The SMILES string of the molecule is Cc1ccc(Br)cc1S(=O)(=O)N(C)Cc1ccc(N(C)C)cc1. The molecular formula is C17H21BrN2O2S. The first kappa shape index (κ1) is 18.0. The summed E-state index contributed by atoms with van der Waals surface area (Å²) in [5.74, 6) is 0. The van der Waals surface area contributed by atoms with Gasteiger partial charge < -0.3 is 4.90 Å². The second-order valence-corrected chi connectivity index (χ2v) is 8.66. The topological polar surface area (TPSA) is 40.6 Å². The molecular weight excluding hydrogens is 376 g/mol. The largest absolute Gasteiger partial charge is 0.378 e. The Labute approximate surface area is 146 Å². The number of halogens is 1. The summed E-state index contributed by atoms with van der Waals surface area (Å²) in [4.78, 5) is 2.34. The molecule has 124 valence electrons. The van der Waals surface area contributed by atoms with Gasteiger partial charge in [-0.25, -0.2) is 8.42 Å². The molecule has 0 atom stereocenters. The normalized spacial score (nSPS) is 11.7. The van der Waals surface area contributed by atoms with Crippen LogP contribution in [0, 0.1) is 6.92 Å². The van der Waals surface area contributed by atoms with E-state index in [9.17, 15) is 8.42 Å². The van der Waals surface area contributed by atoms with E-state index in [1.807, 2.05) is 49.3 Å². The number of rotatable bonds is 5. The second kappa shape index (κ2) is 7.03. The third-order valence-corrected chi connectivity index (χ3v) is 6.14. The first-order valence-electron chi connectivity index (χ1n) is 7.20. The summed E-state index contributed by atoms with van der Waals surface area (Å²) in [6, 6.07) is 13.2. The van der Waals surface area contributed by atoms with Gasteiger partial charge in [-0.05, 0) is 42.3 Å². The predicted molar refractivity (Wildman–Crippen MR) is 98.3 cm³/mol. The minimum atomic E-state index is -3.52. The summed E-state index contributed by atoms with van der Waals surface area (Å²) in [5, 5.41) is 0. The van der Waals surface area contributed by atoms with Crippen molar-refractivity contribution in [2.24, 2.45) is 0 Å². The van der Waals surface area contributed by atoms with Gasteiger partial charge in [-0.2, -0.15) is 4.31 Å². The van der Waals surface area contributed by atoms with E-state index in [2.05, 4.69) is 15.9 Å². The number of benzene rings is 2. The molecule has 2 aromatic carbocycles. The van der Waals surface area contributed by atoms with E-state index in [-0.39, 0.29) is 0 Å². The molecule has 0 aliphatic heterocycles. The van der Waals surface area contributed by atoms with Gasteiger partial charge in [0.2, 0.25) is 10.0 Å². The number of hydrogen-bond donors (Lipinski definition) is 0. The van der Waals surface area contributed by atoms with E-state index in [1.54, 1.807) is 26.1 Å². The molecule has 23 heavy (non-hydrogen) atoms. The van der Waals surface area contributed by atoms with E-state index in [4.69, 9.17) is 0 Å². The van der Waals surface area contributed by atoms with Gasteiger partial charge in [0.25, 0.3) is 0 Å². The van der Waals surface area contributed by atoms with Crippen LogP contribution in [0.5, 0.6) is 0 Å². The monoisotopic (exact) mass is 396 g/mol. The van der Waals surface area contributed by atoms with Gasteiger partial charge in [0.15, 0.2) is 0 Å². The van der Waals surface area contributed by atoms with Crippen molar-refractivity contribution in [1.29, 1.82) is 0 Å². The molecule has 0 aliphatic carbocycles. The van der Waals surface area contributed by atoms with Crippen LogP contribution in [0.3, 0.4) is 0 Å². The fraction of sp³-hybridized carbons (Fsp3) is 0.294. The first-order valence-corrected chi connectivity index (χ1v) is 9.44. The molecule has 0 heterocycles. The van der Waals surface area contributed by atoms with Gasteiger partial charge in [0, 0.05) is 37.8 Å². The minimum absolute atomic E-state index is 0.333. The van der Waals surface area contributed by atoms with Crippen molar-refractivity contribution in [3.63, 3.8) is 0 Å². The summed E-state index contributed by atoms with van der Waals surface area (Å²) in [5.41, 5.74) is 2.78. The molecule has 0 fully saturated rings. The maximum absolute atomic E-state index is 12.8. The molecule has 0 aliphatic rings. The Morgan fingerprint density at radius 3 is 2.17 bits per heavy atom. The Balaban J connectivity index is 2.25. The van der Waals surface area contributed by atoms with E-state index >= 15 is 0 Å². The highest BCUT2D eigenvalue weighted by Gasteiger charge is 2.23. The smallest absolute Gasteiger partial charge is 0.243 e. The highest BCUT2D eigenvalue weighted by molar-refractivity contribution is 9.10. The van der Waals surface area contributed by atoms with Crippen molar-refractivity contribution in [3.8, 4) is 0 Å². The molecule has 0 saturated heterocycles. The van der Waals surface area contributed by atoms with Gasteiger partial charge >= 0.3 is 0 Å². The maximum atomic E-state index is 12.8. The zero-order valence-corrected chi connectivity index (χ0v) is 16.1. The first-order chi connectivity index (χ1) is 10.7. The quantitative estimate of drug-likeness (QED) is 0.774. The van der Waals surface area contributed by atoms with Crippen molar-refractivity contribution in [2.75, 3.05) is 26.0 Å². The molecule has 0 amide bonds. The fourth-order valence-corrected chi connectivity index (χ4v) is 4.18. The van der Waals surface area contributed by atoms with Gasteiger partial charge in [-0.15, -0.1) is 0 Å².